The summed E-state index contributed by atoms with van der Waals surface area (Å²) in [6.45, 7) is 3.62. The minimum Gasteiger partial charge on any atom is -0.495 e. The number of rotatable bonds is 10. The van der Waals surface area contributed by atoms with E-state index < -0.39 is 22.5 Å². The number of methoxy groups -OCH3 is 1. The Kier molecular flexibility index (Phi) is 7.95. The molecule has 3 rings (SSSR count). The lowest BCUT2D eigenvalue weighted by Crippen LogP contribution is -2.45. The molecule has 1 amide bonds. The van der Waals surface area contributed by atoms with Crippen LogP contribution in [0.25, 0.3) is 0 Å². The number of amides is 1. The van der Waals surface area contributed by atoms with E-state index >= 15 is 0 Å². The van der Waals surface area contributed by atoms with Gasteiger partial charge in [-0.15, -0.1) is 0 Å². The Labute approximate surface area is 195 Å². The molecule has 0 saturated carbocycles. The van der Waals surface area contributed by atoms with Crippen molar-refractivity contribution in [3.8, 4) is 11.5 Å². The summed E-state index contributed by atoms with van der Waals surface area (Å²) in [5.41, 5.74) is 1.40. The van der Waals surface area contributed by atoms with E-state index in [0.717, 1.165) is 9.87 Å². The highest BCUT2D eigenvalue weighted by atomic mass is 32.2. The summed E-state index contributed by atoms with van der Waals surface area (Å²) >= 11 is 0. The third kappa shape index (κ3) is 6.26. The normalized spacial score (nSPS) is 12.0. The van der Waals surface area contributed by atoms with Gasteiger partial charge in [-0.3, -0.25) is 9.10 Å². The van der Waals surface area contributed by atoms with Crippen LogP contribution in [0.1, 0.15) is 12.5 Å². The minimum absolute atomic E-state index is 0.0828. The van der Waals surface area contributed by atoms with Crippen molar-refractivity contribution in [2.75, 3.05) is 24.6 Å². The van der Waals surface area contributed by atoms with Crippen molar-refractivity contribution in [2.24, 2.45) is 0 Å². The Morgan fingerprint density at radius 2 is 1.61 bits per heavy atom. The quantitative estimate of drug-likeness (QED) is 0.490. The Bertz CT molecular complexity index is 1160. The standard InChI is InChI=1S/C25H28N2O5S/c1-19-13-15-21(16-14-19)32-18-20(2)26-25(28)17-27(23-11-7-8-12-24(23)31-3)33(29,30)22-9-5-4-6-10-22/h4-16,20H,17-18H2,1-3H3,(H,26,28). The van der Waals surface area contributed by atoms with Gasteiger partial charge in [0.25, 0.3) is 10.0 Å². The van der Waals surface area contributed by atoms with Crippen molar-refractivity contribution in [2.45, 2.75) is 24.8 Å². The zero-order valence-electron chi connectivity index (χ0n) is 18.9. The molecule has 8 heteroatoms. The van der Waals surface area contributed by atoms with E-state index in [2.05, 4.69) is 5.32 Å². The summed E-state index contributed by atoms with van der Waals surface area (Å²) in [5.74, 6) is 0.588. The van der Waals surface area contributed by atoms with Gasteiger partial charge < -0.3 is 14.8 Å². The predicted octanol–water partition coefficient (Wildman–Crippen LogP) is 3.78. The van der Waals surface area contributed by atoms with Crippen molar-refractivity contribution in [3.05, 3.63) is 84.4 Å². The molecule has 0 radical (unpaired) electrons. The Morgan fingerprint density at radius 3 is 2.27 bits per heavy atom. The second kappa shape index (κ2) is 10.9. The molecule has 0 bridgehead atoms. The predicted molar refractivity (Wildman–Crippen MR) is 128 cm³/mol. The van der Waals surface area contributed by atoms with Crippen LogP contribution >= 0.6 is 0 Å². The molecule has 3 aromatic carbocycles. The van der Waals surface area contributed by atoms with Crippen LogP contribution in [0, 0.1) is 6.92 Å². The number of aryl methyl sites for hydroxylation is 1. The van der Waals surface area contributed by atoms with Gasteiger partial charge in [0.1, 0.15) is 24.7 Å². The summed E-state index contributed by atoms with van der Waals surface area (Å²) < 4.78 is 39.0. The van der Waals surface area contributed by atoms with Gasteiger partial charge in [0.2, 0.25) is 5.91 Å². The van der Waals surface area contributed by atoms with E-state index in [9.17, 15) is 13.2 Å². The number of anilines is 1. The van der Waals surface area contributed by atoms with Gasteiger partial charge in [0.05, 0.1) is 23.7 Å². The van der Waals surface area contributed by atoms with Gasteiger partial charge in [-0.2, -0.15) is 0 Å². The fourth-order valence-corrected chi connectivity index (χ4v) is 4.66. The molecule has 0 aliphatic carbocycles. The molecule has 0 fully saturated rings. The molecule has 0 aliphatic rings. The lowest BCUT2D eigenvalue weighted by atomic mass is 10.2. The third-order valence-corrected chi connectivity index (χ3v) is 6.67. The summed E-state index contributed by atoms with van der Waals surface area (Å²) in [7, 11) is -2.56. The number of hydrogen-bond donors (Lipinski definition) is 1. The number of ether oxygens (including phenoxy) is 2. The first-order chi connectivity index (χ1) is 15.8. The van der Waals surface area contributed by atoms with Crippen LogP contribution < -0.4 is 19.1 Å². The molecule has 0 spiro atoms. The fourth-order valence-electron chi connectivity index (χ4n) is 3.20. The lowest BCUT2D eigenvalue weighted by molar-refractivity contribution is -0.120. The minimum atomic E-state index is -4.02. The van der Waals surface area contributed by atoms with Gasteiger partial charge in [-0.1, -0.05) is 48.0 Å². The molecule has 0 aliphatic heterocycles. The number of carbonyl (C=O) groups excluding carboxylic acids is 1. The largest absolute Gasteiger partial charge is 0.495 e. The summed E-state index contributed by atoms with van der Waals surface area (Å²) in [5, 5.41) is 2.81. The molecule has 1 atom stereocenters. The van der Waals surface area contributed by atoms with E-state index in [1.807, 2.05) is 31.2 Å². The van der Waals surface area contributed by atoms with E-state index in [1.165, 1.54) is 19.2 Å². The van der Waals surface area contributed by atoms with Crippen LogP contribution in [0.15, 0.2) is 83.8 Å². The van der Waals surface area contributed by atoms with Gasteiger partial charge >= 0.3 is 0 Å². The molecule has 3 aromatic rings. The first-order valence-electron chi connectivity index (χ1n) is 10.5. The van der Waals surface area contributed by atoms with E-state index in [4.69, 9.17) is 9.47 Å². The monoisotopic (exact) mass is 468 g/mol. The molecule has 33 heavy (non-hydrogen) atoms. The van der Waals surface area contributed by atoms with Crippen molar-refractivity contribution in [1.82, 2.24) is 5.32 Å². The molecule has 1 N–H and O–H groups in total. The van der Waals surface area contributed by atoms with Gasteiger partial charge in [-0.05, 0) is 50.2 Å². The van der Waals surface area contributed by atoms with Crippen molar-refractivity contribution in [3.63, 3.8) is 0 Å². The van der Waals surface area contributed by atoms with Crippen molar-refractivity contribution < 1.29 is 22.7 Å². The summed E-state index contributed by atoms with van der Waals surface area (Å²) in [6.07, 6.45) is 0. The number of para-hydroxylation sites is 2. The van der Waals surface area contributed by atoms with E-state index in [0.29, 0.717) is 11.5 Å². The highest BCUT2D eigenvalue weighted by molar-refractivity contribution is 7.92. The maximum absolute atomic E-state index is 13.4. The SMILES string of the molecule is COc1ccccc1N(CC(=O)NC(C)COc1ccc(C)cc1)S(=O)(=O)c1ccccc1. The number of carbonyl (C=O) groups is 1. The summed E-state index contributed by atoms with van der Waals surface area (Å²) in [4.78, 5) is 12.9. The molecule has 7 nitrogen and oxygen atoms in total. The Balaban J connectivity index is 1.77. The fraction of sp³-hybridized carbons (Fsp3) is 0.240. The van der Waals surface area contributed by atoms with Crippen molar-refractivity contribution in [1.29, 1.82) is 0 Å². The maximum atomic E-state index is 13.4. The van der Waals surface area contributed by atoms with Gasteiger partial charge in [0.15, 0.2) is 0 Å². The number of nitrogens with one attached hydrogen (secondary N) is 1. The maximum Gasteiger partial charge on any atom is 0.264 e. The Hall–Kier alpha value is -3.52. The van der Waals surface area contributed by atoms with Crippen LogP contribution in [0.2, 0.25) is 0 Å². The highest BCUT2D eigenvalue weighted by Crippen LogP contribution is 2.32. The zero-order chi connectivity index (χ0) is 23.8. The van der Waals surface area contributed by atoms with Gasteiger partial charge in [0, 0.05) is 0 Å². The van der Waals surface area contributed by atoms with Crippen LogP contribution in [0.4, 0.5) is 5.69 Å². The highest BCUT2D eigenvalue weighted by Gasteiger charge is 2.29. The number of hydrogen-bond acceptors (Lipinski definition) is 5. The first kappa shape index (κ1) is 24.1. The summed E-state index contributed by atoms with van der Waals surface area (Å²) in [6, 6.07) is 22.0. The average Bonchev–Trinajstić information content (AvgIpc) is 2.82. The van der Waals surface area contributed by atoms with E-state index in [1.54, 1.807) is 49.4 Å². The average molecular weight is 469 g/mol. The number of benzene rings is 3. The second-order valence-corrected chi connectivity index (χ2v) is 9.45. The Morgan fingerprint density at radius 1 is 0.970 bits per heavy atom. The molecular weight excluding hydrogens is 440 g/mol. The van der Waals surface area contributed by atoms with Crippen LogP contribution in [-0.4, -0.2) is 40.6 Å². The lowest BCUT2D eigenvalue weighted by Gasteiger charge is -2.26. The van der Waals surface area contributed by atoms with Crippen LogP contribution in [-0.2, 0) is 14.8 Å². The van der Waals surface area contributed by atoms with Crippen LogP contribution in [0.5, 0.6) is 11.5 Å². The van der Waals surface area contributed by atoms with Crippen molar-refractivity contribution >= 4 is 21.6 Å². The number of sulfonamides is 1. The first-order valence-corrected chi connectivity index (χ1v) is 11.9. The molecule has 0 saturated heterocycles. The second-order valence-electron chi connectivity index (χ2n) is 7.59. The third-order valence-electron chi connectivity index (χ3n) is 4.90. The molecule has 174 valence electrons. The molecule has 0 aromatic heterocycles. The number of nitrogens with zero attached hydrogens (tertiary/aromatic N) is 1. The van der Waals surface area contributed by atoms with E-state index in [-0.39, 0.29) is 23.2 Å². The van der Waals surface area contributed by atoms with Gasteiger partial charge in [-0.25, -0.2) is 8.42 Å². The topological polar surface area (TPSA) is 84.9 Å². The molecule has 0 heterocycles. The van der Waals surface area contributed by atoms with Crippen LogP contribution in [0.3, 0.4) is 0 Å². The zero-order valence-corrected chi connectivity index (χ0v) is 19.7. The molecule has 1 unspecified atom stereocenters. The molecular formula is C25H28N2O5S. The smallest absolute Gasteiger partial charge is 0.264 e.